The van der Waals surface area contributed by atoms with E-state index in [-0.39, 0.29) is 10.0 Å². The van der Waals surface area contributed by atoms with Gasteiger partial charge in [0.2, 0.25) is 0 Å². The van der Waals surface area contributed by atoms with Crippen LogP contribution >= 0.6 is 15.9 Å². The molecule has 0 saturated heterocycles. The van der Waals surface area contributed by atoms with Crippen LogP contribution in [0.1, 0.15) is 10.4 Å². The molecule has 2 rings (SSSR count). The number of carboxylic acids is 1. The fourth-order valence-electron chi connectivity index (χ4n) is 1.58. The molecule has 0 fully saturated rings. The third-order valence-electron chi connectivity index (χ3n) is 2.46. The molecule has 0 heterocycles. The van der Waals surface area contributed by atoms with Crippen molar-refractivity contribution in [1.29, 1.82) is 0 Å². The molecule has 2 nitrogen and oxygen atoms in total. The number of aromatic carboxylic acids is 1. The molecule has 0 atom stereocenters. The van der Waals surface area contributed by atoms with Gasteiger partial charge in [-0.3, -0.25) is 0 Å². The molecule has 5 heteroatoms. The highest BCUT2D eigenvalue weighted by Crippen LogP contribution is 2.28. The summed E-state index contributed by atoms with van der Waals surface area (Å²) in [5.74, 6) is -2.74. The van der Waals surface area contributed by atoms with Crippen molar-refractivity contribution in [3.05, 3.63) is 58.1 Å². The number of hydrogen-bond donors (Lipinski definition) is 1. The number of rotatable bonds is 2. The van der Waals surface area contributed by atoms with Crippen LogP contribution in [0.3, 0.4) is 0 Å². The lowest BCUT2D eigenvalue weighted by molar-refractivity contribution is 0.0692. The molecule has 18 heavy (non-hydrogen) atoms. The van der Waals surface area contributed by atoms with E-state index < -0.39 is 23.2 Å². The Labute approximate surface area is 110 Å². The van der Waals surface area contributed by atoms with Crippen LogP contribution in [0.25, 0.3) is 11.1 Å². The summed E-state index contributed by atoms with van der Waals surface area (Å²) in [5.41, 5.74) is 0.0475. The second-order valence-corrected chi connectivity index (χ2v) is 4.46. The number of hydrogen-bond acceptors (Lipinski definition) is 1. The first-order valence-electron chi connectivity index (χ1n) is 4.98. The zero-order valence-electron chi connectivity index (χ0n) is 8.95. The molecule has 0 saturated carbocycles. The average molecular weight is 313 g/mol. The largest absolute Gasteiger partial charge is 0.478 e. The minimum absolute atomic E-state index is 0.215. The quantitative estimate of drug-likeness (QED) is 0.906. The molecule has 0 amide bonds. The summed E-state index contributed by atoms with van der Waals surface area (Å²) in [5, 5.41) is 8.82. The van der Waals surface area contributed by atoms with Crippen LogP contribution < -0.4 is 0 Å². The highest BCUT2D eigenvalue weighted by atomic mass is 79.9. The third-order valence-corrected chi connectivity index (χ3v) is 3.07. The maximum atomic E-state index is 13.8. The van der Waals surface area contributed by atoms with Gasteiger partial charge in [-0.25, -0.2) is 13.6 Å². The van der Waals surface area contributed by atoms with Crippen LogP contribution in [0.15, 0.2) is 40.9 Å². The van der Waals surface area contributed by atoms with Crippen molar-refractivity contribution in [3.63, 3.8) is 0 Å². The maximum Gasteiger partial charge on any atom is 0.338 e. The molecule has 2 aromatic rings. The normalized spacial score (nSPS) is 10.4. The van der Waals surface area contributed by atoms with Crippen molar-refractivity contribution in [2.75, 3.05) is 0 Å². The highest BCUT2D eigenvalue weighted by Gasteiger charge is 2.14. The van der Waals surface area contributed by atoms with E-state index in [1.807, 2.05) is 0 Å². The van der Waals surface area contributed by atoms with Crippen molar-refractivity contribution in [3.8, 4) is 11.1 Å². The Balaban J connectivity index is 2.62. The van der Waals surface area contributed by atoms with E-state index in [1.165, 1.54) is 18.2 Å². The fourth-order valence-corrected chi connectivity index (χ4v) is 1.95. The molecule has 0 radical (unpaired) electrons. The summed E-state index contributed by atoms with van der Waals surface area (Å²) in [4.78, 5) is 10.8. The predicted molar refractivity (Wildman–Crippen MR) is 66.5 cm³/mol. The Bertz CT molecular complexity index is 626. The topological polar surface area (TPSA) is 37.3 Å². The van der Waals surface area contributed by atoms with Crippen molar-refractivity contribution in [2.45, 2.75) is 0 Å². The minimum atomic E-state index is -1.38. The van der Waals surface area contributed by atoms with Gasteiger partial charge in [0.15, 0.2) is 0 Å². The Morgan fingerprint density at radius 3 is 2.56 bits per heavy atom. The van der Waals surface area contributed by atoms with Gasteiger partial charge in [0.1, 0.15) is 11.6 Å². The molecule has 2 aromatic carbocycles. The van der Waals surface area contributed by atoms with Gasteiger partial charge in [-0.1, -0.05) is 18.2 Å². The molecular formula is C13H7BrF2O2. The standard InChI is InChI=1S/C13H7BrF2O2/c14-10-3-1-2-8(12(10)16)7-4-5-11(15)9(6-7)13(17)18/h1-6H,(H,17,18). The summed E-state index contributed by atoms with van der Waals surface area (Å²) in [6.07, 6.45) is 0. The van der Waals surface area contributed by atoms with Crippen molar-refractivity contribution >= 4 is 21.9 Å². The van der Waals surface area contributed by atoms with Crippen LogP contribution in [-0.2, 0) is 0 Å². The van der Waals surface area contributed by atoms with E-state index in [1.54, 1.807) is 6.07 Å². The minimum Gasteiger partial charge on any atom is -0.478 e. The zero-order valence-corrected chi connectivity index (χ0v) is 10.5. The van der Waals surface area contributed by atoms with Gasteiger partial charge < -0.3 is 5.11 Å². The van der Waals surface area contributed by atoms with Crippen LogP contribution in [-0.4, -0.2) is 11.1 Å². The second-order valence-electron chi connectivity index (χ2n) is 3.60. The van der Waals surface area contributed by atoms with Gasteiger partial charge in [-0.05, 0) is 39.7 Å². The third kappa shape index (κ3) is 2.26. The Hall–Kier alpha value is -1.75. The van der Waals surface area contributed by atoms with Crippen LogP contribution in [0, 0.1) is 11.6 Å². The summed E-state index contributed by atoms with van der Waals surface area (Å²) in [6, 6.07) is 8.11. The first kappa shape index (κ1) is 12.7. The molecule has 0 aromatic heterocycles. The Morgan fingerprint density at radius 1 is 1.17 bits per heavy atom. The van der Waals surface area contributed by atoms with Crippen molar-refractivity contribution in [1.82, 2.24) is 0 Å². The van der Waals surface area contributed by atoms with Crippen LogP contribution in [0.2, 0.25) is 0 Å². The van der Waals surface area contributed by atoms with Gasteiger partial charge >= 0.3 is 5.97 Å². The molecular weight excluding hydrogens is 306 g/mol. The van der Waals surface area contributed by atoms with Gasteiger partial charge in [-0.2, -0.15) is 0 Å². The number of benzene rings is 2. The monoisotopic (exact) mass is 312 g/mol. The van der Waals surface area contributed by atoms with E-state index in [0.717, 1.165) is 12.1 Å². The summed E-state index contributed by atoms with van der Waals surface area (Å²) < 4.78 is 27.3. The van der Waals surface area contributed by atoms with Gasteiger partial charge in [0.05, 0.1) is 10.0 Å². The first-order chi connectivity index (χ1) is 8.50. The van der Waals surface area contributed by atoms with Gasteiger partial charge in [0.25, 0.3) is 0 Å². The average Bonchev–Trinajstić information content (AvgIpc) is 2.33. The fraction of sp³-hybridized carbons (Fsp3) is 0. The summed E-state index contributed by atoms with van der Waals surface area (Å²) >= 11 is 3.04. The summed E-state index contributed by atoms with van der Waals surface area (Å²) in [6.45, 7) is 0. The molecule has 92 valence electrons. The lowest BCUT2D eigenvalue weighted by Crippen LogP contribution is -2.00. The van der Waals surface area contributed by atoms with Gasteiger partial charge in [-0.15, -0.1) is 0 Å². The Morgan fingerprint density at radius 2 is 1.89 bits per heavy atom. The lowest BCUT2D eigenvalue weighted by atomic mass is 10.0. The van der Waals surface area contributed by atoms with Crippen molar-refractivity contribution < 1.29 is 18.7 Å². The van der Waals surface area contributed by atoms with Crippen molar-refractivity contribution in [2.24, 2.45) is 0 Å². The first-order valence-corrected chi connectivity index (χ1v) is 5.77. The SMILES string of the molecule is O=C(O)c1cc(-c2cccc(Br)c2F)ccc1F. The molecule has 0 aliphatic carbocycles. The number of carboxylic acid groups (broad SMARTS) is 1. The molecule has 0 aliphatic heterocycles. The maximum absolute atomic E-state index is 13.8. The summed E-state index contributed by atoms with van der Waals surface area (Å²) in [7, 11) is 0. The molecule has 0 spiro atoms. The lowest BCUT2D eigenvalue weighted by Gasteiger charge is -2.06. The molecule has 0 unspecified atom stereocenters. The van der Waals surface area contributed by atoms with E-state index in [4.69, 9.17) is 5.11 Å². The predicted octanol–water partition coefficient (Wildman–Crippen LogP) is 4.09. The van der Waals surface area contributed by atoms with Crippen LogP contribution in [0.5, 0.6) is 0 Å². The molecule has 0 aliphatic rings. The number of carbonyl (C=O) groups is 1. The molecule has 0 bridgehead atoms. The number of halogens is 3. The van der Waals surface area contributed by atoms with E-state index in [2.05, 4.69) is 15.9 Å². The smallest absolute Gasteiger partial charge is 0.338 e. The van der Waals surface area contributed by atoms with E-state index in [9.17, 15) is 13.6 Å². The van der Waals surface area contributed by atoms with E-state index in [0.29, 0.717) is 5.56 Å². The molecule has 1 N–H and O–H groups in total. The Kier molecular flexibility index (Phi) is 3.43. The zero-order chi connectivity index (χ0) is 13.3. The van der Waals surface area contributed by atoms with E-state index >= 15 is 0 Å². The van der Waals surface area contributed by atoms with Crippen LogP contribution in [0.4, 0.5) is 8.78 Å². The second kappa shape index (κ2) is 4.86. The highest BCUT2D eigenvalue weighted by molar-refractivity contribution is 9.10. The van der Waals surface area contributed by atoms with Gasteiger partial charge in [0, 0.05) is 5.56 Å².